The largest absolute Gasteiger partial charge is 0.462 e. The predicted molar refractivity (Wildman–Crippen MR) is 86.0 cm³/mol. The number of hydrogen-bond acceptors (Lipinski definition) is 4. The molecule has 6 heteroatoms. The molecule has 21 heavy (non-hydrogen) atoms. The molecule has 0 saturated carbocycles. The predicted octanol–water partition coefficient (Wildman–Crippen LogP) is 2.47. The molecule has 0 aliphatic carbocycles. The molecule has 1 aromatic carbocycles. The van der Waals surface area contributed by atoms with Gasteiger partial charge in [0.15, 0.2) is 0 Å². The Bertz CT molecular complexity index is 464. The van der Waals surface area contributed by atoms with E-state index in [2.05, 4.69) is 24.5 Å². The second-order valence-corrected chi connectivity index (χ2v) is 4.84. The van der Waals surface area contributed by atoms with Crippen molar-refractivity contribution in [1.82, 2.24) is 5.32 Å². The van der Waals surface area contributed by atoms with Crippen molar-refractivity contribution in [3.05, 3.63) is 29.8 Å². The zero-order valence-electron chi connectivity index (χ0n) is 12.6. The lowest BCUT2D eigenvalue weighted by molar-refractivity contribution is -0.115. The van der Waals surface area contributed by atoms with Gasteiger partial charge in [-0.1, -0.05) is 26.0 Å². The number of esters is 1. The third-order valence-electron chi connectivity index (χ3n) is 2.53. The summed E-state index contributed by atoms with van der Waals surface area (Å²) in [5.41, 5.74) is 0.842. The zero-order chi connectivity index (χ0) is 15.0. The number of amides is 1. The number of hydrogen-bond donors (Lipinski definition) is 2. The van der Waals surface area contributed by atoms with Crippen molar-refractivity contribution in [3.8, 4) is 0 Å². The summed E-state index contributed by atoms with van der Waals surface area (Å²) in [4.78, 5) is 23.6. The molecule has 0 spiro atoms. The fraction of sp³-hybridized carbons (Fsp3) is 0.467. The number of nitrogens with one attached hydrogen (secondary N) is 2. The molecule has 0 aliphatic rings. The van der Waals surface area contributed by atoms with Gasteiger partial charge in [0.1, 0.15) is 0 Å². The van der Waals surface area contributed by atoms with Crippen molar-refractivity contribution in [2.45, 2.75) is 20.8 Å². The average Bonchev–Trinajstić information content (AvgIpc) is 2.39. The number of carbonyl (C=O) groups excluding carboxylic acids is 2. The van der Waals surface area contributed by atoms with E-state index in [1.807, 2.05) is 0 Å². The zero-order valence-corrected chi connectivity index (χ0v) is 13.5. The Labute approximate surface area is 131 Å². The number of halogens is 1. The van der Waals surface area contributed by atoms with Crippen LogP contribution in [-0.2, 0) is 9.53 Å². The highest BCUT2D eigenvalue weighted by Crippen LogP contribution is 2.16. The average molecular weight is 315 g/mol. The molecule has 1 aromatic rings. The fourth-order valence-corrected chi connectivity index (χ4v) is 1.65. The van der Waals surface area contributed by atoms with E-state index in [0.717, 1.165) is 6.54 Å². The van der Waals surface area contributed by atoms with Crippen LogP contribution in [0.3, 0.4) is 0 Å². The van der Waals surface area contributed by atoms with Crippen LogP contribution in [0.4, 0.5) is 5.69 Å². The van der Waals surface area contributed by atoms with Gasteiger partial charge in [0, 0.05) is 0 Å². The molecule has 0 unspecified atom stereocenters. The number of benzene rings is 1. The summed E-state index contributed by atoms with van der Waals surface area (Å²) < 4.78 is 4.96. The van der Waals surface area contributed by atoms with E-state index in [1.165, 1.54) is 0 Å². The normalized spacial score (nSPS) is 9.90. The van der Waals surface area contributed by atoms with Crippen LogP contribution >= 0.6 is 12.4 Å². The van der Waals surface area contributed by atoms with Gasteiger partial charge in [-0.3, -0.25) is 4.79 Å². The molecule has 1 rings (SSSR count). The summed E-state index contributed by atoms with van der Waals surface area (Å²) in [6.07, 6.45) is 0. The maximum absolute atomic E-state index is 11.8. The van der Waals surface area contributed by atoms with Crippen LogP contribution in [0, 0.1) is 5.92 Å². The van der Waals surface area contributed by atoms with E-state index in [-0.39, 0.29) is 24.9 Å². The standard InChI is InChI=1S/C15H22N2O3.ClH/c1-4-20-15(19)12-7-5-6-8-13(12)17-14(18)10-16-9-11(2)3;/h5-8,11,16H,4,9-10H2,1-3H3,(H,17,18);1H. The lowest BCUT2D eigenvalue weighted by Crippen LogP contribution is -2.31. The molecule has 5 nitrogen and oxygen atoms in total. The highest BCUT2D eigenvalue weighted by Gasteiger charge is 2.13. The van der Waals surface area contributed by atoms with Crippen LogP contribution in [0.5, 0.6) is 0 Å². The summed E-state index contributed by atoms with van der Waals surface area (Å²) in [5.74, 6) is -0.129. The SMILES string of the molecule is CCOC(=O)c1ccccc1NC(=O)CNCC(C)C.Cl. The minimum Gasteiger partial charge on any atom is -0.462 e. The molecular weight excluding hydrogens is 292 g/mol. The number of rotatable bonds is 7. The number of carbonyl (C=O) groups is 2. The first-order valence-electron chi connectivity index (χ1n) is 6.81. The molecule has 0 atom stereocenters. The van der Waals surface area contributed by atoms with Gasteiger partial charge in [-0.15, -0.1) is 12.4 Å². The van der Waals surface area contributed by atoms with Gasteiger partial charge in [-0.25, -0.2) is 4.79 Å². The Kier molecular flexibility index (Phi) is 9.41. The molecule has 0 radical (unpaired) electrons. The molecular formula is C15H23ClN2O3. The summed E-state index contributed by atoms with van der Waals surface area (Å²) in [5, 5.41) is 5.77. The van der Waals surface area contributed by atoms with Crippen molar-refractivity contribution >= 4 is 30.0 Å². The minimum atomic E-state index is -0.432. The van der Waals surface area contributed by atoms with Gasteiger partial charge >= 0.3 is 5.97 Å². The molecule has 118 valence electrons. The maximum Gasteiger partial charge on any atom is 0.340 e. The second kappa shape index (κ2) is 10.2. The molecule has 0 heterocycles. The quantitative estimate of drug-likeness (QED) is 0.759. The van der Waals surface area contributed by atoms with Crippen molar-refractivity contribution < 1.29 is 14.3 Å². The van der Waals surface area contributed by atoms with Gasteiger partial charge in [0.2, 0.25) is 5.91 Å². The van der Waals surface area contributed by atoms with Gasteiger partial charge < -0.3 is 15.4 Å². The van der Waals surface area contributed by atoms with E-state index < -0.39 is 5.97 Å². The fourth-order valence-electron chi connectivity index (χ4n) is 1.65. The Balaban J connectivity index is 0.00000400. The molecule has 0 saturated heterocycles. The highest BCUT2D eigenvalue weighted by atomic mass is 35.5. The number of anilines is 1. The Morgan fingerprint density at radius 2 is 1.90 bits per heavy atom. The lowest BCUT2D eigenvalue weighted by atomic mass is 10.2. The van der Waals surface area contributed by atoms with Crippen LogP contribution in [0.25, 0.3) is 0 Å². The van der Waals surface area contributed by atoms with E-state index in [9.17, 15) is 9.59 Å². The van der Waals surface area contributed by atoms with Crippen LogP contribution in [-0.4, -0.2) is 31.6 Å². The first-order chi connectivity index (χ1) is 9.54. The molecule has 0 fully saturated rings. The van der Waals surface area contributed by atoms with E-state index in [0.29, 0.717) is 23.8 Å². The molecule has 0 aliphatic heterocycles. The second-order valence-electron chi connectivity index (χ2n) is 4.84. The first-order valence-corrected chi connectivity index (χ1v) is 6.81. The van der Waals surface area contributed by atoms with E-state index in [1.54, 1.807) is 31.2 Å². The van der Waals surface area contributed by atoms with Crippen molar-refractivity contribution in [3.63, 3.8) is 0 Å². The van der Waals surface area contributed by atoms with E-state index in [4.69, 9.17) is 4.74 Å². The Morgan fingerprint density at radius 3 is 2.52 bits per heavy atom. The molecule has 1 amide bonds. The smallest absolute Gasteiger partial charge is 0.340 e. The topological polar surface area (TPSA) is 67.4 Å². The number of ether oxygens (including phenoxy) is 1. The van der Waals surface area contributed by atoms with E-state index >= 15 is 0 Å². The van der Waals surface area contributed by atoms with Crippen LogP contribution in [0.15, 0.2) is 24.3 Å². The third-order valence-corrected chi connectivity index (χ3v) is 2.53. The third kappa shape index (κ3) is 7.11. The number of para-hydroxylation sites is 1. The van der Waals surface area contributed by atoms with Gasteiger partial charge in [0.05, 0.1) is 24.4 Å². The Hall–Kier alpha value is -1.59. The summed E-state index contributed by atoms with van der Waals surface area (Å²) in [7, 11) is 0. The summed E-state index contributed by atoms with van der Waals surface area (Å²) in [6.45, 7) is 7.18. The van der Waals surface area contributed by atoms with Gasteiger partial charge in [0.25, 0.3) is 0 Å². The Morgan fingerprint density at radius 1 is 1.24 bits per heavy atom. The van der Waals surface area contributed by atoms with Crippen LogP contribution < -0.4 is 10.6 Å². The molecule has 0 bridgehead atoms. The van der Waals surface area contributed by atoms with Crippen molar-refractivity contribution in [2.75, 3.05) is 25.0 Å². The summed E-state index contributed by atoms with van der Waals surface area (Å²) in [6, 6.07) is 6.82. The summed E-state index contributed by atoms with van der Waals surface area (Å²) >= 11 is 0. The first kappa shape index (κ1) is 19.4. The highest BCUT2D eigenvalue weighted by molar-refractivity contribution is 6.01. The molecule has 2 N–H and O–H groups in total. The monoisotopic (exact) mass is 314 g/mol. The van der Waals surface area contributed by atoms with Gasteiger partial charge in [-0.05, 0) is 31.5 Å². The van der Waals surface area contributed by atoms with Crippen LogP contribution in [0.2, 0.25) is 0 Å². The van der Waals surface area contributed by atoms with Crippen LogP contribution in [0.1, 0.15) is 31.1 Å². The minimum absolute atomic E-state index is 0. The maximum atomic E-state index is 11.8. The molecule has 0 aromatic heterocycles. The van der Waals surface area contributed by atoms with Crippen molar-refractivity contribution in [2.24, 2.45) is 5.92 Å². The van der Waals surface area contributed by atoms with Gasteiger partial charge in [-0.2, -0.15) is 0 Å². The lowest BCUT2D eigenvalue weighted by Gasteiger charge is -2.11. The van der Waals surface area contributed by atoms with Crippen molar-refractivity contribution in [1.29, 1.82) is 0 Å².